The number of likely N-dealkylation sites (tertiary alicyclic amines) is 1. The minimum absolute atomic E-state index is 0.00752. The van der Waals surface area contributed by atoms with Crippen LogP contribution < -0.4 is 11.1 Å². The molecule has 1 fully saturated rings. The lowest BCUT2D eigenvalue weighted by Crippen LogP contribution is -2.51. The molecule has 116 valence electrons. The van der Waals surface area contributed by atoms with Crippen molar-refractivity contribution >= 4 is 5.91 Å². The average molecular weight is 293 g/mol. The van der Waals surface area contributed by atoms with Crippen molar-refractivity contribution in [2.45, 2.75) is 32.4 Å². The number of hydrogen-bond donors (Lipinski definition) is 2. The second kappa shape index (κ2) is 7.52. The van der Waals surface area contributed by atoms with Crippen molar-refractivity contribution < 1.29 is 9.18 Å². The van der Waals surface area contributed by atoms with Gasteiger partial charge in [0.2, 0.25) is 5.91 Å². The van der Waals surface area contributed by atoms with Gasteiger partial charge in [-0.15, -0.1) is 0 Å². The molecule has 2 atom stereocenters. The van der Waals surface area contributed by atoms with E-state index in [4.69, 9.17) is 5.73 Å². The van der Waals surface area contributed by atoms with Crippen molar-refractivity contribution in [3.63, 3.8) is 0 Å². The largest absolute Gasteiger partial charge is 0.351 e. The molecule has 0 radical (unpaired) electrons. The molecule has 1 amide bonds. The monoisotopic (exact) mass is 293 g/mol. The van der Waals surface area contributed by atoms with Gasteiger partial charge in [0, 0.05) is 19.1 Å². The summed E-state index contributed by atoms with van der Waals surface area (Å²) in [5.74, 6) is 0.263. The van der Waals surface area contributed by atoms with Crippen molar-refractivity contribution in [2.24, 2.45) is 11.7 Å². The number of hydrogen-bond acceptors (Lipinski definition) is 3. The van der Waals surface area contributed by atoms with Crippen LogP contribution in [-0.4, -0.2) is 36.5 Å². The molecule has 0 saturated carbocycles. The Labute approximate surface area is 125 Å². The summed E-state index contributed by atoms with van der Waals surface area (Å²) in [6.45, 7) is 4.52. The van der Waals surface area contributed by atoms with Crippen molar-refractivity contribution in [3.8, 4) is 0 Å². The summed E-state index contributed by atoms with van der Waals surface area (Å²) < 4.78 is 12.8. The number of carbonyl (C=O) groups is 1. The molecular weight excluding hydrogens is 269 g/mol. The van der Waals surface area contributed by atoms with Crippen molar-refractivity contribution in [1.82, 2.24) is 10.2 Å². The average Bonchev–Trinajstić information content (AvgIpc) is 2.47. The second-order valence-electron chi connectivity index (χ2n) is 5.80. The van der Waals surface area contributed by atoms with E-state index in [9.17, 15) is 9.18 Å². The Hall–Kier alpha value is -1.46. The van der Waals surface area contributed by atoms with E-state index in [-0.39, 0.29) is 17.8 Å². The molecule has 2 rings (SSSR count). The minimum Gasteiger partial charge on any atom is -0.351 e. The second-order valence-corrected chi connectivity index (χ2v) is 5.80. The maximum absolute atomic E-state index is 12.8. The van der Waals surface area contributed by atoms with Crippen LogP contribution in [0.4, 0.5) is 4.39 Å². The molecule has 0 bridgehead atoms. The van der Waals surface area contributed by atoms with Crippen molar-refractivity contribution in [2.75, 3.05) is 19.6 Å². The number of nitrogens with zero attached hydrogens (tertiary/aromatic N) is 1. The molecule has 1 aliphatic heterocycles. The van der Waals surface area contributed by atoms with Gasteiger partial charge in [-0.1, -0.05) is 19.1 Å². The fourth-order valence-corrected chi connectivity index (χ4v) is 2.96. The number of rotatable bonds is 5. The van der Waals surface area contributed by atoms with Gasteiger partial charge in [0.1, 0.15) is 5.82 Å². The number of nitrogens with one attached hydrogen (secondary N) is 1. The quantitative estimate of drug-likeness (QED) is 0.865. The number of nitrogens with two attached hydrogens (primary N) is 1. The van der Waals surface area contributed by atoms with Crippen LogP contribution in [0.2, 0.25) is 0 Å². The zero-order valence-corrected chi connectivity index (χ0v) is 12.5. The van der Waals surface area contributed by atoms with E-state index in [2.05, 4.69) is 17.1 Å². The summed E-state index contributed by atoms with van der Waals surface area (Å²) in [6.07, 6.45) is 2.29. The Bertz CT molecular complexity index is 463. The first kappa shape index (κ1) is 15.9. The van der Waals surface area contributed by atoms with Gasteiger partial charge in [-0.25, -0.2) is 4.39 Å². The van der Waals surface area contributed by atoms with Gasteiger partial charge in [0.15, 0.2) is 0 Å². The number of halogens is 1. The zero-order valence-electron chi connectivity index (χ0n) is 12.5. The minimum atomic E-state index is -0.266. The highest BCUT2D eigenvalue weighted by atomic mass is 19.1. The summed E-state index contributed by atoms with van der Waals surface area (Å²) in [7, 11) is 0. The van der Waals surface area contributed by atoms with Crippen LogP contribution in [0.5, 0.6) is 0 Å². The predicted octanol–water partition coefficient (Wildman–Crippen LogP) is 1.50. The Morgan fingerprint density at radius 2 is 2.14 bits per heavy atom. The fourth-order valence-electron chi connectivity index (χ4n) is 2.96. The summed E-state index contributed by atoms with van der Waals surface area (Å²) in [5.41, 5.74) is 6.73. The van der Waals surface area contributed by atoms with Crippen LogP contribution in [0, 0.1) is 11.7 Å². The lowest BCUT2D eigenvalue weighted by atomic mass is 9.91. The maximum atomic E-state index is 12.8. The van der Waals surface area contributed by atoms with E-state index in [1.165, 1.54) is 18.6 Å². The highest BCUT2D eigenvalue weighted by Gasteiger charge is 2.28. The highest BCUT2D eigenvalue weighted by Crippen LogP contribution is 2.22. The van der Waals surface area contributed by atoms with Gasteiger partial charge in [0.25, 0.3) is 0 Å². The standard InChI is InChI=1S/C16H24FN3O/c1-12-3-2-8-20(15(12)9-18)11-16(21)19-10-13-4-6-14(17)7-5-13/h4-7,12,15H,2-3,8-11,18H2,1H3,(H,19,21). The summed E-state index contributed by atoms with van der Waals surface area (Å²) >= 11 is 0. The van der Waals surface area contributed by atoms with Gasteiger partial charge < -0.3 is 11.1 Å². The first-order valence-electron chi connectivity index (χ1n) is 7.55. The molecule has 0 aliphatic carbocycles. The Morgan fingerprint density at radius 3 is 2.81 bits per heavy atom. The molecule has 2 unspecified atom stereocenters. The van der Waals surface area contributed by atoms with Crippen LogP contribution >= 0.6 is 0 Å². The molecule has 1 saturated heterocycles. The molecule has 0 spiro atoms. The van der Waals surface area contributed by atoms with E-state index < -0.39 is 0 Å². The molecule has 0 aromatic heterocycles. The first-order chi connectivity index (χ1) is 10.1. The summed E-state index contributed by atoms with van der Waals surface area (Å²) in [4.78, 5) is 14.2. The number of benzene rings is 1. The molecule has 5 heteroatoms. The normalized spacial score (nSPS) is 23.0. The van der Waals surface area contributed by atoms with E-state index in [1.54, 1.807) is 12.1 Å². The molecule has 4 nitrogen and oxygen atoms in total. The van der Waals surface area contributed by atoms with E-state index in [0.717, 1.165) is 18.5 Å². The third-order valence-corrected chi connectivity index (χ3v) is 4.22. The zero-order chi connectivity index (χ0) is 15.2. The lowest BCUT2D eigenvalue weighted by Gasteiger charge is -2.38. The van der Waals surface area contributed by atoms with Gasteiger partial charge >= 0.3 is 0 Å². The van der Waals surface area contributed by atoms with Gasteiger partial charge in [0.05, 0.1) is 6.54 Å². The smallest absolute Gasteiger partial charge is 0.234 e. The Morgan fingerprint density at radius 1 is 1.43 bits per heavy atom. The molecule has 21 heavy (non-hydrogen) atoms. The van der Waals surface area contributed by atoms with E-state index >= 15 is 0 Å². The van der Waals surface area contributed by atoms with Crippen LogP contribution in [-0.2, 0) is 11.3 Å². The van der Waals surface area contributed by atoms with Crippen LogP contribution in [0.15, 0.2) is 24.3 Å². The SMILES string of the molecule is CC1CCCN(CC(=O)NCc2ccc(F)cc2)C1CN. The number of piperidine rings is 1. The van der Waals surface area contributed by atoms with Crippen LogP contribution in [0.3, 0.4) is 0 Å². The lowest BCUT2D eigenvalue weighted by molar-refractivity contribution is -0.123. The highest BCUT2D eigenvalue weighted by molar-refractivity contribution is 5.78. The molecule has 1 heterocycles. The molecular formula is C16H24FN3O. The van der Waals surface area contributed by atoms with E-state index in [1.807, 2.05) is 0 Å². The number of carbonyl (C=O) groups excluding carboxylic acids is 1. The maximum Gasteiger partial charge on any atom is 0.234 e. The fraction of sp³-hybridized carbons (Fsp3) is 0.562. The predicted molar refractivity (Wildman–Crippen MR) is 81.1 cm³/mol. The third kappa shape index (κ3) is 4.51. The third-order valence-electron chi connectivity index (χ3n) is 4.22. The van der Waals surface area contributed by atoms with Gasteiger partial charge in [-0.05, 0) is 43.0 Å². The number of amides is 1. The summed E-state index contributed by atoms with van der Waals surface area (Å²) in [5, 5.41) is 2.88. The van der Waals surface area contributed by atoms with Crippen molar-refractivity contribution in [1.29, 1.82) is 0 Å². The van der Waals surface area contributed by atoms with Crippen LogP contribution in [0.25, 0.3) is 0 Å². The van der Waals surface area contributed by atoms with Gasteiger partial charge in [-0.2, -0.15) is 0 Å². The van der Waals surface area contributed by atoms with Gasteiger partial charge in [-0.3, -0.25) is 9.69 Å². The molecule has 1 aromatic rings. The molecule has 1 aliphatic rings. The van der Waals surface area contributed by atoms with E-state index in [0.29, 0.717) is 25.6 Å². The molecule has 1 aromatic carbocycles. The topological polar surface area (TPSA) is 58.4 Å². The first-order valence-corrected chi connectivity index (χ1v) is 7.55. The Balaban J connectivity index is 1.82. The van der Waals surface area contributed by atoms with Crippen molar-refractivity contribution in [3.05, 3.63) is 35.6 Å². The molecule has 3 N–H and O–H groups in total. The summed E-state index contributed by atoms with van der Waals surface area (Å²) in [6, 6.07) is 6.45. The van der Waals surface area contributed by atoms with Crippen LogP contribution in [0.1, 0.15) is 25.3 Å². The Kier molecular flexibility index (Phi) is 5.70.